The first kappa shape index (κ1) is 16.5. The molecule has 0 fully saturated rings. The third kappa shape index (κ3) is 4.55. The van der Waals surface area contributed by atoms with Gasteiger partial charge < -0.3 is 10.7 Å². The fourth-order valence-corrected chi connectivity index (χ4v) is 2.31. The van der Waals surface area contributed by atoms with E-state index in [1.54, 1.807) is 6.08 Å². The van der Waals surface area contributed by atoms with Crippen molar-refractivity contribution in [2.75, 3.05) is 6.54 Å². The lowest BCUT2D eigenvalue weighted by molar-refractivity contribution is 0.986. The van der Waals surface area contributed by atoms with Crippen molar-refractivity contribution < 1.29 is 0 Å². The summed E-state index contributed by atoms with van der Waals surface area (Å²) in [5.41, 5.74) is 5.42. The van der Waals surface area contributed by atoms with Gasteiger partial charge in [-0.3, -0.25) is 0 Å². The first-order valence-corrected chi connectivity index (χ1v) is 7.66. The molecular formula is C21H22N2. The van der Waals surface area contributed by atoms with Gasteiger partial charge in [-0.25, -0.2) is 0 Å². The first-order valence-electron chi connectivity index (χ1n) is 7.66. The molecule has 0 aromatic heterocycles. The van der Waals surface area contributed by atoms with Gasteiger partial charge in [0, 0.05) is 18.5 Å². The van der Waals surface area contributed by atoms with Crippen molar-refractivity contribution in [1.82, 2.24) is 5.32 Å². The van der Waals surface area contributed by atoms with E-state index < -0.39 is 0 Å². The SMILES string of the molecule is C=C/C=C(\NC/C(C=N)=C/C)c1cccc(-c2ccccc2)c1. The molecule has 0 unspecified atom stereocenters. The summed E-state index contributed by atoms with van der Waals surface area (Å²) < 4.78 is 0. The van der Waals surface area contributed by atoms with Gasteiger partial charge in [0.1, 0.15) is 0 Å². The Morgan fingerprint density at radius 3 is 2.48 bits per heavy atom. The molecule has 0 atom stereocenters. The topological polar surface area (TPSA) is 35.9 Å². The lowest BCUT2D eigenvalue weighted by atomic mass is 10.0. The largest absolute Gasteiger partial charge is 0.380 e. The van der Waals surface area contributed by atoms with Gasteiger partial charge in [0.05, 0.1) is 0 Å². The Morgan fingerprint density at radius 1 is 1.09 bits per heavy atom. The molecule has 2 rings (SSSR count). The molecule has 0 bridgehead atoms. The number of benzene rings is 2. The fourth-order valence-electron chi connectivity index (χ4n) is 2.31. The normalized spacial score (nSPS) is 11.9. The summed E-state index contributed by atoms with van der Waals surface area (Å²) in [5.74, 6) is 0. The van der Waals surface area contributed by atoms with Crippen LogP contribution < -0.4 is 5.32 Å². The van der Waals surface area contributed by atoms with Crippen LogP contribution in [0.4, 0.5) is 0 Å². The van der Waals surface area contributed by atoms with Gasteiger partial charge in [-0.1, -0.05) is 67.3 Å². The van der Waals surface area contributed by atoms with Crippen molar-refractivity contribution in [3.63, 3.8) is 0 Å². The second kappa shape index (κ2) is 8.54. The van der Waals surface area contributed by atoms with Crippen LogP contribution in [-0.2, 0) is 0 Å². The van der Waals surface area contributed by atoms with Crippen LogP contribution in [-0.4, -0.2) is 12.8 Å². The van der Waals surface area contributed by atoms with Crippen molar-refractivity contribution in [3.05, 3.63) is 90.5 Å². The maximum atomic E-state index is 7.38. The lowest BCUT2D eigenvalue weighted by Gasteiger charge is -2.13. The minimum atomic E-state index is 0.620. The van der Waals surface area contributed by atoms with Crippen LogP contribution in [0.1, 0.15) is 12.5 Å². The molecule has 0 aliphatic carbocycles. The van der Waals surface area contributed by atoms with Gasteiger partial charge in [0.25, 0.3) is 0 Å². The van der Waals surface area contributed by atoms with E-state index in [9.17, 15) is 0 Å². The number of nitrogens with one attached hydrogen (secondary N) is 2. The van der Waals surface area contributed by atoms with Crippen LogP contribution in [0, 0.1) is 5.41 Å². The van der Waals surface area contributed by atoms with Crippen LogP contribution in [0.3, 0.4) is 0 Å². The summed E-state index contributed by atoms with van der Waals surface area (Å²) in [4.78, 5) is 0. The monoisotopic (exact) mass is 302 g/mol. The Labute approximate surface area is 138 Å². The Hall–Kier alpha value is -2.87. The Morgan fingerprint density at radius 2 is 1.83 bits per heavy atom. The predicted molar refractivity (Wildman–Crippen MR) is 101 cm³/mol. The van der Waals surface area contributed by atoms with Crippen molar-refractivity contribution in [2.45, 2.75) is 6.92 Å². The average Bonchev–Trinajstić information content (AvgIpc) is 2.62. The molecular weight excluding hydrogens is 280 g/mol. The summed E-state index contributed by atoms with van der Waals surface area (Å²) in [6.07, 6.45) is 7.05. The average molecular weight is 302 g/mol. The number of hydrogen-bond acceptors (Lipinski definition) is 2. The van der Waals surface area contributed by atoms with Crippen molar-refractivity contribution in [3.8, 4) is 11.1 Å². The van der Waals surface area contributed by atoms with E-state index in [1.807, 2.05) is 37.3 Å². The lowest BCUT2D eigenvalue weighted by Crippen LogP contribution is -2.16. The summed E-state index contributed by atoms with van der Waals surface area (Å²) in [6.45, 7) is 6.36. The summed E-state index contributed by atoms with van der Waals surface area (Å²) in [6, 6.07) is 18.7. The van der Waals surface area contributed by atoms with E-state index in [2.05, 4.69) is 48.3 Å². The molecule has 0 amide bonds. The van der Waals surface area contributed by atoms with Crippen molar-refractivity contribution >= 4 is 11.9 Å². The molecule has 0 aliphatic rings. The zero-order valence-electron chi connectivity index (χ0n) is 13.4. The minimum Gasteiger partial charge on any atom is -0.380 e. The van der Waals surface area contributed by atoms with Gasteiger partial charge in [-0.05, 0) is 41.3 Å². The van der Waals surface area contributed by atoms with Crippen LogP contribution in [0.25, 0.3) is 16.8 Å². The summed E-state index contributed by atoms with van der Waals surface area (Å²) >= 11 is 0. The molecule has 2 aromatic carbocycles. The van der Waals surface area contributed by atoms with Crippen molar-refractivity contribution in [1.29, 1.82) is 5.41 Å². The molecule has 0 radical (unpaired) electrons. The van der Waals surface area contributed by atoms with Crippen LogP contribution >= 0.6 is 0 Å². The Balaban J connectivity index is 2.28. The first-order chi connectivity index (χ1) is 11.3. The number of rotatable bonds is 7. The molecule has 2 aromatic rings. The molecule has 2 N–H and O–H groups in total. The third-order valence-corrected chi connectivity index (χ3v) is 3.60. The highest BCUT2D eigenvalue weighted by Gasteiger charge is 2.04. The second-order valence-electron chi connectivity index (χ2n) is 5.12. The van der Waals surface area contributed by atoms with Gasteiger partial charge in [0.15, 0.2) is 0 Å². The van der Waals surface area contributed by atoms with Gasteiger partial charge in [-0.15, -0.1) is 0 Å². The molecule has 0 saturated carbocycles. The molecule has 2 nitrogen and oxygen atoms in total. The number of hydrogen-bond donors (Lipinski definition) is 2. The standard InChI is InChI=1S/C21H22N2/c1-3-9-21(23-16-17(4-2)15-22)20-13-8-12-19(14-20)18-10-6-5-7-11-18/h3-15,22-23H,1,16H2,2H3/b17-4+,21-9-,22-15?. The number of allylic oxidation sites excluding steroid dienone is 3. The summed E-state index contributed by atoms with van der Waals surface area (Å²) in [7, 11) is 0. The molecule has 0 heterocycles. The second-order valence-corrected chi connectivity index (χ2v) is 5.12. The summed E-state index contributed by atoms with van der Waals surface area (Å²) in [5, 5.41) is 10.8. The van der Waals surface area contributed by atoms with E-state index >= 15 is 0 Å². The smallest absolute Gasteiger partial charge is 0.0416 e. The minimum absolute atomic E-state index is 0.620. The highest BCUT2D eigenvalue weighted by molar-refractivity contribution is 5.77. The maximum absolute atomic E-state index is 7.38. The fraction of sp³-hybridized carbons (Fsp3) is 0.0952. The Kier molecular flexibility index (Phi) is 6.13. The van der Waals surface area contributed by atoms with E-state index in [0.29, 0.717) is 6.54 Å². The van der Waals surface area contributed by atoms with Gasteiger partial charge in [-0.2, -0.15) is 0 Å². The molecule has 2 heteroatoms. The maximum Gasteiger partial charge on any atom is 0.0416 e. The molecule has 0 saturated heterocycles. The zero-order chi connectivity index (χ0) is 16.5. The molecule has 0 spiro atoms. The van der Waals surface area contributed by atoms with Crippen LogP contribution in [0.5, 0.6) is 0 Å². The quantitative estimate of drug-likeness (QED) is 0.544. The van der Waals surface area contributed by atoms with E-state index in [0.717, 1.165) is 16.8 Å². The highest BCUT2D eigenvalue weighted by atomic mass is 14.9. The van der Waals surface area contributed by atoms with Gasteiger partial charge >= 0.3 is 0 Å². The molecule has 0 aliphatic heterocycles. The molecule has 116 valence electrons. The van der Waals surface area contributed by atoms with Gasteiger partial charge in [0.2, 0.25) is 0 Å². The third-order valence-electron chi connectivity index (χ3n) is 3.60. The van der Waals surface area contributed by atoms with E-state index in [-0.39, 0.29) is 0 Å². The van der Waals surface area contributed by atoms with Crippen LogP contribution in [0.2, 0.25) is 0 Å². The van der Waals surface area contributed by atoms with E-state index in [1.165, 1.54) is 17.3 Å². The highest BCUT2D eigenvalue weighted by Crippen LogP contribution is 2.23. The van der Waals surface area contributed by atoms with Crippen molar-refractivity contribution in [2.24, 2.45) is 0 Å². The zero-order valence-corrected chi connectivity index (χ0v) is 13.4. The predicted octanol–water partition coefficient (Wildman–Crippen LogP) is 5.07. The Bertz CT molecular complexity index is 725. The van der Waals surface area contributed by atoms with Crippen LogP contribution in [0.15, 0.2) is 85.0 Å². The van der Waals surface area contributed by atoms with E-state index in [4.69, 9.17) is 5.41 Å². The molecule has 23 heavy (non-hydrogen) atoms.